The normalized spacial score (nSPS) is 20.0. The molecule has 0 radical (unpaired) electrons. The third-order valence-electron chi connectivity index (χ3n) is 5.99. The van der Waals surface area contributed by atoms with Gasteiger partial charge in [0.1, 0.15) is 24.4 Å². The quantitative estimate of drug-likeness (QED) is 0.327. The van der Waals surface area contributed by atoms with Gasteiger partial charge in [-0.2, -0.15) is 8.42 Å². The standard InChI is InChI=1S/C23H27BrN4O5S2/c1-32-22(20-9-16(12-34-20)21(29)15-3-2-4-17(24)8-15)19-10-26-13-27-23(19)28-18-6-5-14(7-18)11-33-35(25,30)31/h2-4,8-10,12-14,18,21-22,29H,5-7,11H2,1H3,(H2,25,30,31)(H,26,27,28)/t14-,18?,21?,22?/m1/s1. The molecule has 1 aliphatic rings. The zero-order valence-corrected chi connectivity index (χ0v) is 22.2. The van der Waals surface area contributed by atoms with Crippen molar-refractivity contribution >= 4 is 43.4 Å². The Morgan fingerprint density at radius 3 is 2.89 bits per heavy atom. The first-order valence-electron chi connectivity index (χ1n) is 11.0. The summed E-state index contributed by atoms with van der Waals surface area (Å²) in [5.41, 5.74) is 2.36. The minimum Gasteiger partial charge on any atom is -0.384 e. The molecule has 188 valence electrons. The van der Waals surface area contributed by atoms with E-state index in [-0.39, 0.29) is 18.6 Å². The number of hydrogen-bond acceptors (Lipinski definition) is 9. The largest absolute Gasteiger partial charge is 0.384 e. The maximum absolute atomic E-state index is 11.1. The summed E-state index contributed by atoms with van der Waals surface area (Å²) in [6.07, 6.45) is 4.43. The highest BCUT2D eigenvalue weighted by Crippen LogP contribution is 2.37. The summed E-state index contributed by atoms with van der Waals surface area (Å²) in [5.74, 6) is 0.751. The third kappa shape index (κ3) is 6.85. The summed E-state index contributed by atoms with van der Waals surface area (Å²) in [6, 6.07) is 9.63. The number of thiophene rings is 1. The predicted octanol–water partition coefficient (Wildman–Crippen LogP) is 3.92. The summed E-state index contributed by atoms with van der Waals surface area (Å²) in [7, 11) is -2.31. The Morgan fingerprint density at radius 1 is 1.31 bits per heavy atom. The molecule has 0 amide bonds. The molecule has 3 aromatic rings. The zero-order chi connectivity index (χ0) is 25.0. The van der Waals surface area contributed by atoms with Crippen molar-refractivity contribution in [2.75, 3.05) is 19.0 Å². The number of methoxy groups -OCH3 is 1. The maximum Gasteiger partial charge on any atom is 0.333 e. The summed E-state index contributed by atoms with van der Waals surface area (Å²) in [5, 5.41) is 21.2. The maximum atomic E-state index is 11.1. The molecule has 4 N–H and O–H groups in total. The van der Waals surface area contributed by atoms with E-state index in [9.17, 15) is 13.5 Å². The average Bonchev–Trinajstić information content (AvgIpc) is 3.48. The Bertz CT molecular complexity index is 1260. The van der Waals surface area contributed by atoms with Crippen LogP contribution in [0, 0.1) is 5.92 Å². The van der Waals surface area contributed by atoms with E-state index in [1.807, 2.05) is 35.7 Å². The first-order chi connectivity index (χ1) is 16.7. The number of aliphatic hydroxyl groups excluding tert-OH is 1. The molecule has 12 heteroatoms. The molecule has 0 aliphatic heterocycles. The van der Waals surface area contributed by atoms with E-state index in [1.54, 1.807) is 13.3 Å². The van der Waals surface area contributed by atoms with E-state index < -0.39 is 22.5 Å². The van der Waals surface area contributed by atoms with Crippen LogP contribution in [0.1, 0.15) is 53.0 Å². The first-order valence-corrected chi connectivity index (χ1v) is 14.2. The molecule has 1 saturated carbocycles. The molecule has 4 atom stereocenters. The van der Waals surface area contributed by atoms with Crippen LogP contribution < -0.4 is 10.5 Å². The first kappa shape index (κ1) is 26.1. The molecule has 0 saturated heterocycles. The van der Waals surface area contributed by atoms with Gasteiger partial charge in [-0.1, -0.05) is 28.1 Å². The van der Waals surface area contributed by atoms with Crippen molar-refractivity contribution < 1.29 is 22.4 Å². The highest BCUT2D eigenvalue weighted by Gasteiger charge is 2.28. The molecule has 2 aromatic heterocycles. The SMILES string of the molecule is COC(c1cc(C(O)c2cccc(Br)c2)cs1)c1cncnc1NC1CC[C@@H](COS(N)(=O)=O)C1. The summed E-state index contributed by atoms with van der Waals surface area (Å²) in [4.78, 5) is 9.57. The number of aromatic nitrogens is 2. The number of aliphatic hydroxyl groups is 1. The Morgan fingerprint density at radius 2 is 2.14 bits per heavy atom. The lowest BCUT2D eigenvalue weighted by molar-refractivity contribution is 0.139. The summed E-state index contributed by atoms with van der Waals surface area (Å²) < 4.78 is 33.7. The van der Waals surface area contributed by atoms with Crippen molar-refractivity contribution in [3.63, 3.8) is 0 Å². The third-order valence-corrected chi connectivity index (χ3v) is 7.94. The van der Waals surface area contributed by atoms with Gasteiger partial charge < -0.3 is 15.2 Å². The van der Waals surface area contributed by atoms with Crippen LogP contribution in [0.15, 0.2) is 52.7 Å². The number of nitrogens with two attached hydrogens (primary N) is 1. The van der Waals surface area contributed by atoms with E-state index in [0.29, 0.717) is 5.82 Å². The van der Waals surface area contributed by atoms with E-state index in [1.165, 1.54) is 17.7 Å². The second-order valence-corrected chi connectivity index (χ2v) is 11.6. The molecule has 1 aliphatic carbocycles. The highest BCUT2D eigenvalue weighted by molar-refractivity contribution is 9.10. The van der Waals surface area contributed by atoms with Crippen LogP contribution in [-0.2, 0) is 19.2 Å². The lowest BCUT2D eigenvalue weighted by Gasteiger charge is -2.20. The number of ether oxygens (including phenoxy) is 1. The van der Waals surface area contributed by atoms with Crippen LogP contribution in [0.25, 0.3) is 0 Å². The fourth-order valence-electron chi connectivity index (χ4n) is 4.31. The van der Waals surface area contributed by atoms with Gasteiger partial charge in [-0.3, -0.25) is 4.18 Å². The van der Waals surface area contributed by atoms with Crippen LogP contribution in [0.2, 0.25) is 0 Å². The van der Waals surface area contributed by atoms with E-state index in [0.717, 1.165) is 45.3 Å². The van der Waals surface area contributed by atoms with Crippen LogP contribution >= 0.6 is 27.3 Å². The topological polar surface area (TPSA) is 137 Å². The molecule has 3 unspecified atom stereocenters. The fourth-order valence-corrected chi connectivity index (χ4v) is 6.13. The lowest BCUT2D eigenvalue weighted by Crippen LogP contribution is -2.22. The van der Waals surface area contributed by atoms with Gasteiger partial charge in [0, 0.05) is 34.3 Å². The van der Waals surface area contributed by atoms with Gasteiger partial charge in [-0.15, -0.1) is 11.3 Å². The van der Waals surface area contributed by atoms with E-state index in [4.69, 9.17) is 14.1 Å². The minimum atomic E-state index is -3.94. The summed E-state index contributed by atoms with van der Waals surface area (Å²) >= 11 is 4.95. The Kier molecular flexibility index (Phi) is 8.53. The molecule has 35 heavy (non-hydrogen) atoms. The molecule has 0 bridgehead atoms. The molecule has 4 rings (SSSR count). The minimum absolute atomic E-state index is 0.0760. The second-order valence-electron chi connectivity index (χ2n) is 8.48. The molecular formula is C23H27BrN4O5S2. The van der Waals surface area contributed by atoms with Crippen molar-refractivity contribution in [2.45, 2.75) is 37.5 Å². The van der Waals surface area contributed by atoms with Crippen molar-refractivity contribution in [2.24, 2.45) is 11.1 Å². The van der Waals surface area contributed by atoms with Gasteiger partial charge in [-0.05, 0) is 59.9 Å². The average molecular weight is 584 g/mol. The van der Waals surface area contributed by atoms with Crippen molar-refractivity contribution in [3.05, 3.63) is 74.3 Å². The molecule has 9 nitrogen and oxygen atoms in total. The fraction of sp³-hybridized carbons (Fsp3) is 0.391. The van der Waals surface area contributed by atoms with Gasteiger partial charge in [0.05, 0.1) is 6.61 Å². The number of nitrogens with one attached hydrogen (secondary N) is 1. The summed E-state index contributed by atoms with van der Waals surface area (Å²) in [6.45, 7) is 0.0760. The number of benzene rings is 1. The smallest absolute Gasteiger partial charge is 0.333 e. The second kappa shape index (κ2) is 11.4. The lowest BCUT2D eigenvalue weighted by atomic mass is 10.0. The number of anilines is 1. The van der Waals surface area contributed by atoms with Gasteiger partial charge >= 0.3 is 10.3 Å². The van der Waals surface area contributed by atoms with E-state index in [2.05, 4.69) is 31.2 Å². The molecule has 1 fully saturated rings. The van der Waals surface area contributed by atoms with Crippen LogP contribution in [-0.4, -0.2) is 43.3 Å². The Balaban J connectivity index is 1.48. The molecular weight excluding hydrogens is 556 g/mol. The molecule has 2 heterocycles. The highest BCUT2D eigenvalue weighted by atomic mass is 79.9. The van der Waals surface area contributed by atoms with Crippen molar-refractivity contribution in [1.29, 1.82) is 0 Å². The van der Waals surface area contributed by atoms with Crippen LogP contribution in [0.5, 0.6) is 0 Å². The number of hydrogen-bond donors (Lipinski definition) is 3. The molecule has 0 spiro atoms. The number of rotatable bonds is 10. The van der Waals surface area contributed by atoms with Gasteiger partial charge in [-0.25, -0.2) is 15.1 Å². The van der Waals surface area contributed by atoms with Gasteiger partial charge in [0.2, 0.25) is 0 Å². The van der Waals surface area contributed by atoms with E-state index >= 15 is 0 Å². The van der Waals surface area contributed by atoms with Crippen LogP contribution in [0.4, 0.5) is 5.82 Å². The zero-order valence-electron chi connectivity index (χ0n) is 19.0. The van der Waals surface area contributed by atoms with Crippen molar-refractivity contribution in [1.82, 2.24) is 9.97 Å². The molecule has 1 aromatic carbocycles. The monoisotopic (exact) mass is 582 g/mol. The van der Waals surface area contributed by atoms with Gasteiger partial charge in [0.15, 0.2) is 0 Å². The van der Waals surface area contributed by atoms with Crippen molar-refractivity contribution in [3.8, 4) is 0 Å². The predicted molar refractivity (Wildman–Crippen MR) is 137 cm³/mol. The Labute approximate surface area is 217 Å². The number of nitrogens with zero attached hydrogens (tertiary/aromatic N) is 2. The Hall–Kier alpha value is -1.93. The van der Waals surface area contributed by atoms with Gasteiger partial charge in [0.25, 0.3) is 0 Å². The van der Waals surface area contributed by atoms with Crippen LogP contribution in [0.3, 0.4) is 0 Å². The number of halogens is 1.